The maximum atomic E-state index is 3.81. The number of rotatable bonds is 1. The minimum atomic E-state index is 0.320. The molecule has 2 aliphatic rings. The van der Waals surface area contributed by atoms with Crippen molar-refractivity contribution in [1.29, 1.82) is 0 Å². The van der Waals surface area contributed by atoms with E-state index in [1.165, 1.54) is 28.4 Å². The maximum Gasteiger partial charge on any atom is -0.00600 e. The molecule has 0 atom stereocenters. The van der Waals surface area contributed by atoms with Crippen molar-refractivity contribution in [3.05, 3.63) is 45.1 Å². The van der Waals surface area contributed by atoms with Crippen LogP contribution in [0.25, 0.3) is 0 Å². The Balaban J connectivity index is 2.50. The molecule has 0 saturated heterocycles. The predicted octanol–water partition coefficient (Wildman–Crippen LogP) is 4.94. The second-order valence-corrected chi connectivity index (χ2v) is 6.36. The first-order valence-corrected chi connectivity index (χ1v) is 6.54. The van der Waals surface area contributed by atoms with Gasteiger partial charge in [0, 0.05) is 0 Å². The summed E-state index contributed by atoms with van der Waals surface area (Å²) in [5.41, 5.74) is 4.97. The fourth-order valence-corrected chi connectivity index (χ4v) is 3.19. The van der Waals surface area contributed by atoms with Gasteiger partial charge in [0.25, 0.3) is 0 Å². The van der Waals surface area contributed by atoms with Crippen LogP contribution in [0, 0.1) is 5.41 Å². The molecule has 0 saturated carbocycles. The summed E-state index contributed by atoms with van der Waals surface area (Å²) in [5.74, 6) is 0. The van der Waals surface area contributed by atoms with Crippen LogP contribution in [0.15, 0.2) is 45.1 Å². The molecule has 0 amide bonds. The van der Waals surface area contributed by atoms with Gasteiger partial charge >= 0.3 is 0 Å². The van der Waals surface area contributed by atoms with Gasteiger partial charge in [0.2, 0.25) is 0 Å². The largest absolute Gasteiger partial charge is 0.0991 e. The third-order valence-electron chi connectivity index (χ3n) is 3.31. The van der Waals surface area contributed by atoms with Crippen LogP contribution >= 0.6 is 22.6 Å². The lowest BCUT2D eigenvalue weighted by atomic mass is 9.83. The Morgan fingerprint density at radius 2 is 2.13 bits per heavy atom. The zero-order valence-electron chi connectivity index (χ0n) is 9.44. The van der Waals surface area contributed by atoms with Crippen molar-refractivity contribution in [1.82, 2.24) is 0 Å². The van der Waals surface area contributed by atoms with Gasteiger partial charge < -0.3 is 0 Å². The quantitative estimate of drug-likeness (QED) is 0.602. The second-order valence-electron chi connectivity index (χ2n) is 4.97. The van der Waals surface area contributed by atoms with Crippen LogP contribution in [0.2, 0.25) is 0 Å². The standard InChI is InChI=1S/C14H17I/c1-4-5-10-9-14(2,3)13-8-11(15)6-7-12(10)13/h4-5,8H,1,6-7,9H2,2-3H3/b10-5+. The summed E-state index contributed by atoms with van der Waals surface area (Å²) < 4.78 is 1.50. The van der Waals surface area contributed by atoms with E-state index in [2.05, 4.69) is 55.2 Å². The van der Waals surface area contributed by atoms with Crippen molar-refractivity contribution < 1.29 is 0 Å². The van der Waals surface area contributed by atoms with Gasteiger partial charge in [-0.3, -0.25) is 0 Å². The van der Waals surface area contributed by atoms with Gasteiger partial charge in [-0.15, -0.1) is 0 Å². The van der Waals surface area contributed by atoms with Gasteiger partial charge in [-0.25, -0.2) is 0 Å². The van der Waals surface area contributed by atoms with E-state index in [9.17, 15) is 0 Å². The van der Waals surface area contributed by atoms with E-state index < -0.39 is 0 Å². The Morgan fingerprint density at radius 3 is 2.80 bits per heavy atom. The Morgan fingerprint density at radius 1 is 1.40 bits per heavy atom. The van der Waals surface area contributed by atoms with Crippen LogP contribution in [0.3, 0.4) is 0 Å². The Bertz CT molecular complexity index is 392. The minimum Gasteiger partial charge on any atom is -0.0991 e. The number of hydrogen-bond acceptors (Lipinski definition) is 0. The van der Waals surface area contributed by atoms with E-state index in [1.54, 1.807) is 11.1 Å². The molecule has 2 aliphatic carbocycles. The fourth-order valence-electron chi connectivity index (χ4n) is 2.61. The highest BCUT2D eigenvalue weighted by atomic mass is 127. The van der Waals surface area contributed by atoms with Crippen molar-refractivity contribution >= 4 is 22.6 Å². The zero-order chi connectivity index (χ0) is 11.1. The summed E-state index contributed by atoms with van der Waals surface area (Å²) >= 11 is 2.47. The first kappa shape index (κ1) is 11.2. The van der Waals surface area contributed by atoms with Crippen LogP contribution < -0.4 is 0 Å². The van der Waals surface area contributed by atoms with Crippen molar-refractivity contribution in [2.75, 3.05) is 0 Å². The van der Waals surface area contributed by atoms with Gasteiger partial charge in [0.05, 0.1) is 0 Å². The molecule has 0 spiro atoms. The summed E-state index contributed by atoms with van der Waals surface area (Å²) in [6, 6.07) is 0. The third-order valence-corrected chi connectivity index (χ3v) is 4.16. The topological polar surface area (TPSA) is 0 Å². The zero-order valence-corrected chi connectivity index (χ0v) is 11.6. The average molecular weight is 312 g/mol. The third kappa shape index (κ3) is 1.99. The molecule has 0 nitrogen and oxygen atoms in total. The van der Waals surface area contributed by atoms with Gasteiger partial charge in [-0.05, 0) is 73.6 Å². The summed E-state index contributed by atoms with van der Waals surface area (Å²) in [6.45, 7) is 8.50. The fraction of sp³-hybridized carbons (Fsp3) is 0.429. The van der Waals surface area contributed by atoms with E-state index in [1.807, 2.05) is 6.08 Å². The lowest BCUT2D eigenvalue weighted by molar-refractivity contribution is 0.476. The smallest absolute Gasteiger partial charge is 0.00600 e. The Hall–Kier alpha value is -0.310. The molecule has 1 heteroatoms. The maximum absolute atomic E-state index is 3.81. The highest BCUT2D eigenvalue weighted by molar-refractivity contribution is 14.1. The molecule has 0 N–H and O–H groups in total. The molecule has 15 heavy (non-hydrogen) atoms. The van der Waals surface area contributed by atoms with Crippen LogP contribution in [-0.2, 0) is 0 Å². The molecule has 80 valence electrons. The SMILES string of the molecule is C=C/C=C1\CC(C)(C)C2=C1CCC(I)=C2. The van der Waals surface area contributed by atoms with E-state index in [-0.39, 0.29) is 0 Å². The summed E-state index contributed by atoms with van der Waals surface area (Å²) in [6.07, 6.45) is 10.1. The van der Waals surface area contributed by atoms with Gasteiger partial charge in [-0.2, -0.15) is 0 Å². The van der Waals surface area contributed by atoms with Crippen LogP contribution in [0.4, 0.5) is 0 Å². The molecule has 0 aromatic heterocycles. The average Bonchev–Trinajstić information content (AvgIpc) is 2.39. The van der Waals surface area contributed by atoms with Gasteiger partial charge in [0.1, 0.15) is 0 Å². The lowest BCUT2D eigenvalue weighted by Gasteiger charge is -2.22. The minimum absolute atomic E-state index is 0.320. The van der Waals surface area contributed by atoms with Gasteiger partial charge in [0.15, 0.2) is 0 Å². The number of halogens is 1. The number of allylic oxidation sites excluding steroid dienone is 7. The van der Waals surface area contributed by atoms with Crippen LogP contribution in [-0.4, -0.2) is 0 Å². The molecule has 0 unspecified atom stereocenters. The van der Waals surface area contributed by atoms with E-state index in [0.717, 1.165) is 0 Å². The molecule has 0 heterocycles. The van der Waals surface area contributed by atoms with E-state index in [0.29, 0.717) is 5.41 Å². The summed E-state index contributed by atoms with van der Waals surface area (Å²) in [7, 11) is 0. The van der Waals surface area contributed by atoms with E-state index >= 15 is 0 Å². The van der Waals surface area contributed by atoms with E-state index in [4.69, 9.17) is 0 Å². The van der Waals surface area contributed by atoms with Crippen molar-refractivity contribution in [2.24, 2.45) is 5.41 Å². The molecular formula is C14H17I. The first-order valence-electron chi connectivity index (χ1n) is 5.46. The predicted molar refractivity (Wildman–Crippen MR) is 75.0 cm³/mol. The highest BCUT2D eigenvalue weighted by Gasteiger charge is 2.35. The molecule has 0 bridgehead atoms. The molecule has 0 aromatic carbocycles. The molecule has 2 rings (SSSR count). The second kappa shape index (κ2) is 3.93. The number of hydrogen-bond donors (Lipinski definition) is 0. The normalized spacial score (nSPS) is 26.6. The van der Waals surface area contributed by atoms with Crippen molar-refractivity contribution in [3.8, 4) is 0 Å². The Labute approximate surface area is 106 Å². The molecular weight excluding hydrogens is 295 g/mol. The molecule has 0 aliphatic heterocycles. The summed E-state index contributed by atoms with van der Waals surface area (Å²) in [4.78, 5) is 0. The van der Waals surface area contributed by atoms with Crippen molar-refractivity contribution in [2.45, 2.75) is 33.1 Å². The highest BCUT2D eigenvalue weighted by Crippen LogP contribution is 2.50. The molecule has 0 fully saturated rings. The molecule has 0 aromatic rings. The molecule has 0 radical (unpaired) electrons. The lowest BCUT2D eigenvalue weighted by Crippen LogP contribution is -2.09. The van der Waals surface area contributed by atoms with Crippen LogP contribution in [0.1, 0.15) is 33.1 Å². The first-order chi connectivity index (χ1) is 7.04. The van der Waals surface area contributed by atoms with Crippen LogP contribution in [0.5, 0.6) is 0 Å². The van der Waals surface area contributed by atoms with Gasteiger partial charge in [-0.1, -0.05) is 32.6 Å². The monoisotopic (exact) mass is 312 g/mol. The Kier molecular flexibility index (Phi) is 2.93. The van der Waals surface area contributed by atoms with Crippen molar-refractivity contribution in [3.63, 3.8) is 0 Å². The summed E-state index contributed by atoms with van der Waals surface area (Å²) in [5, 5.41) is 0.